The minimum Gasteiger partial charge on any atom is -0.338 e. The highest BCUT2D eigenvalue weighted by molar-refractivity contribution is 5.95. The molecule has 2 N–H and O–H groups in total. The van der Waals surface area contributed by atoms with Crippen LogP contribution in [0.5, 0.6) is 0 Å². The number of hydrogen-bond acceptors (Lipinski definition) is 3. The molecule has 3 rings (SSSR count). The fourth-order valence-corrected chi connectivity index (χ4v) is 2.81. The van der Waals surface area contributed by atoms with Gasteiger partial charge >= 0.3 is 0 Å². The van der Waals surface area contributed by atoms with E-state index in [4.69, 9.17) is 0 Å². The number of carbonyl (C=O) groups excluding carboxylic acids is 2. The Kier molecular flexibility index (Phi) is 5.48. The van der Waals surface area contributed by atoms with Gasteiger partial charge in [0.15, 0.2) is 23.3 Å². The highest BCUT2D eigenvalue weighted by atomic mass is 19.2. The summed E-state index contributed by atoms with van der Waals surface area (Å²) in [5.74, 6) is -11.6. The van der Waals surface area contributed by atoms with Crippen LogP contribution in [0, 0.1) is 29.1 Å². The molecule has 148 valence electrons. The van der Waals surface area contributed by atoms with Crippen LogP contribution in [0.3, 0.4) is 0 Å². The van der Waals surface area contributed by atoms with Gasteiger partial charge in [0.1, 0.15) is 5.69 Å². The van der Waals surface area contributed by atoms with E-state index in [2.05, 4.69) is 0 Å². The Bertz CT molecular complexity index is 922. The van der Waals surface area contributed by atoms with Crippen LogP contribution in [-0.2, 0) is 11.3 Å². The van der Waals surface area contributed by atoms with Gasteiger partial charge in [-0.3, -0.25) is 20.4 Å². The van der Waals surface area contributed by atoms with Gasteiger partial charge in [-0.05, 0) is 24.1 Å². The van der Waals surface area contributed by atoms with Gasteiger partial charge in [-0.1, -0.05) is 12.1 Å². The number of nitrogens with one attached hydrogen (secondary N) is 2. The number of amides is 2. The Hall–Kier alpha value is -3.17. The molecule has 0 atom stereocenters. The van der Waals surface area contributed by atoms with Gasteiger partial charge in [0.2, 0.25) is 11.7 Å². The third-order valence-corrected chi connectivity index (χ3v) is 4.24. The van der Waals surface area contributed by atoms with Crippen molar-refractivity contribution in [2.45, 2.75) is 19.4 Å². The van der Waals surface area contributed by atoms with Crippen molar-refractivity contribution >= 4 is 17.5 Å². The van der Waals surface area contributed by atoms with Crippen molar-refractivity contribution in [3.63, 3.8) is 0 Å². The Balaban J connectivity index is 1.72. The molecule has 0 aliphatic carbocycles. The summed E-state index contributed by atoms with van der Waals surface area (Å²) in [6.07, 6.45) is 1.22. The number of nitrogens with zero attached hydrogens (tertiary/aromatic N) is 1. The number of anilines is 1. The number of rotatable bonds is 5. The van der Waals surface area contributed by atoms with Crippen LogP contribution in [0.1, 0.15) is 28.8 Å². The largest absolute Gasteiger partial charge is 0.338 e. The predicted octanol–water partition coefficient (Wildman–Crippen LogP) is 3.26. The molecule has 0 radical (unpaired) electrons. The highest BCUT2D eigenvalue weighted by Crippen LogP contribution is 2.26. The SMILES string of the molecule is O=C(NNc1c(F)c(F)c(F)c(F)c1F)c1cccc(CN2CCCC2=O)c1. The van der Waals surface area contributed by atoms with Crippen LogP contribution in [-0.4, -0.2) is 23.3 Å². The lowest BCUT2D eigenvalue weighted by Gasteiger charge is -2.16. The molecule has 5 nitrogen and oxygen atoms in total. The van der Waals surface area contributed by atoms with E-state index < -0.39 is 40.7 Å². The highest BCUT2D eigenvalue weighted by Gasteiger charge is 2.26. The monoisotopic (exact) mass is 399 g/mol. The summed E-state index contributed by atoms with van der Waals surface area (Å²) in [7, 11) is 0. The van der Waals surface area contributed by atoms with Crippen LogP contribution in [0.2, 0.25) is 0 Å². The Morgan fingerprint density at radius 3 is 2.25 bits per heavy atom. The first-order valence-corrected chi connectivity index (χ1v) is 8.24. The second-order valence-electron chi connectivity index (χ2n) is 6.14. The summed E-state index contributed by atoms with van der Waals surface area (Å²) in [5, 5.41) is 0. The second kappa shape index (κ2) is 7.83. The zero-order chi connectivity index (χ0) is 20.4. The van der Waals surface area contributed by atoms with E-state index in [0.29, 0.717) is 25.1 Å². The molecular weight excluding hydrogens is 385 g/mol. The molecule has 28 heavy (non-hydrogen) atoms. The van der Waals surface area contributed by atoms with Crippen molar-refractivity contribution in [1.82, 2.24) is 10.3 Å². The number of benzene rings is 2. The molecule has 1 fully saturated rings. The van der Waals surface area contributed by atoms with E-state index in [1.807, 2.05) is 5.43 Å². The second-order valence-corrected chi connectivity index (χ2v) is 6.14. The topological polar surface area (TPSA) is 61.4 Å². The lowest BCUT2D eigenvalue weighted by molar-refractivity contribution is -0.128. The quantitative estimate of drug-likeness (QED) is 0.351. The van der Waals surface area contributed by atoms with Gasteiger partial charge in [-0.2, -0.15) is 0 Å². The summed E-state index contributed by atoms with van der Waals surface area (Å²) >= 11 is 0. The number of carbonyl (C=O) groups is 2. The first-order chi connectivity index (χ1) is 13.3. The first-order valence-electron chi connectivity index (χ1n) is 8.24. The minimum absolute atomic E-state index is 0.00262. The van der Waals surface area contributed by atoms with Crippen LogP contribution in [0.4, 0.5) is 27.6 Å². The predicted molar refractivity (Wildman–Crippen MR) is 88.4 cm³/mol. The number of hydrogen-bond donors (Lipinski definition) is 2. The van der Waals surface area contributed by atoms with Crippen molar-refractivity contribution in [3.8, 4) is 0 Å². The zero-order valence-corrected chi connectivity index (χ0v) is 14.3. The van der Waals surface area contributed by atoms with Crippen molar-refractivity contribution in [2.24, 2.45) is 0 Å². The van der Waals surface area contributed by atoms with Crippen molar-refractivity contribution in [2.75, 3.05) is 12.0 Å². The lowest BCUT2D eigenvalue weighted by Crippen LogP contribution is -2.31. The fourth-order valence-electron chi connectivity index (χ4n) is 2.81. The zero-order valence-electron chi connectivity index (χ0n) is 14.3. The molecule has 0 bridgehead atoms. The van der Waals surface area contributed by atoms with Crippen LogP contribution in [0.25, 0.3) is 0 Å². The summed E-state index contributed by atoms with van der Waals surface area (Å²) < 4.78 is 66.6. The molecule has 2 aromatic carbocycles. The molecule has 0 spiro atoms. The van der Waals surface area contributed by atoms with Crippen LogP contribution >= 0.6 is 0 Å². The molecule has 1 saturated heterocycles. The van der Waals surface area contributed by atoms with Gasteiger partial charge < -0.3 is 4.90 Å². The minimum atomic E-state index is -2.30. The third-order valence-electron chi connectivity index (χ3n) is 4.24. The molecule has 0 aromatic heterocycles. The summed E-state index contributed by atoms with van der Waals surface area (Å²) in [6.45, 7) is 0.905. The van der Waals surface area contributed by atoms with Gasteiger partial charge in [0, 0.05) is 25.1 Å². The Labute approximate surface area is 156 Å². The molecule has 0 saturated carbocycles. The molecular formula is C18H14F5N3O2. The normalized spacial score (nSPS) is 13.8. The number of halogens is 5. The van der Waals surface area contributed by atoms with Gasteiger partial charge in [-0.25, -0.2) is 22.0 Å². The van der Waals surface area contributed by atoms with Crippen molar-refractivity contribution in [1.29, 1.82) is 0 Å². The molecule has 1 aliphatic rings. The molecule has 2 aromatic rings. The van der Waals surface area contributed by atoms with E-state index in [1.165, 1.54) is 12.1 Å². The number of likely N-dealkylation sites (tertiary alicyclic amines) is 1. The van der Waals surface area contributed by atoms with Crippen LogP contribution in [0.15, 0.2) is 24.3 Å². The van der Waals surface area contributed by atoms with E-state index in [-0.39, 0.29) is 11.5 Å². The van der Waals surface area contributed by atoms with Gasteiger partial charge in [-0.15, -0.1) is 0 Å². The summed E-state index contributed by atoms with van der Waals surface area (Å²) in [4.78, 5) is 25.5. The van der Waals surface area contributed by atoms with Crippen molar-refractivity contribution < 1.29 is 31.5 Å². The summed E-state index contributed by atoms with van der Waals surface area (Å²) in [5.41, 5.74) is 2.97. The fraction of sp³-hybridized carbons (Fsp3) is 0.222. The van der Waals surface area contributed by atoms with E-state index in [1.54, 1.807) is 22.5 Å². The smallest absolute Gasteiger partial charge is 0.269 e. The van der Waals surface area contributed by atoms with Crippen LogP contribution < -0.4 is 10.9 Å². The third kappa shape index (κ3) is 3.75. The Morgan fingerprint density at radius 1 is 1.00 bits per heavy atom. The number of hydrazine groups is 1. The van der Waals surface area contributed by atoms with Gasteiger partial charge in [0.25, 0.3) is 5.91 Å². The maximum Gasteiger partial charge on any atom is 0.269 e. The van der Waals surface area contributed by atoms with Crippen molar-refractivity contribution in [3.05, 3.63) is 64.5 Å². The first kappa shape index (κ1) is 19.6. The lowest BCUT2D eigenvalue weighted by atomic mass is 10.1. The van der Waals surface area contributed by atoms with E-state index >= 15 is 0 Å². The average Bonchev–Trinajstić information content (AvgIpc) is 3.09. The van der Waals surface area contributed by atoms with E-state index in [0.717, 1.165) is 6.42 Å². The average molecular weight is 399 g/mol. The molecule has 1 heterocycles. The molecule has 1 aliphatic heterocycles. The summed E-state index contributed by atoms with van der Waals surface area (Å²) in [6, 6.07) is 6.09. The molecule has 2 amide bonds. The van der Waals surface area contributed by atoms with E-state index in [9.17, 15) is 31.5 Å². The van der Waals surface area contributed by atoms with Gasteiger partial charge in [0.05, 0.1) is 0 Å². The molecule has 10 heteroatoms. The standard InChI is InChI=1S/C18H14F5N3O2/c19-12-13(20)15(22)17(16(23)14(12)21)24-25-18(28)10-4-1-3-9(7-10)8-26-6-2-5-11(26)27/h1,3-4,7,24H,2,5-6,8H2,(H,25,28). The maximum atomic E-state index is 13.6. The maximum absolute atomic E-state index is 13.6. The molecule has 0 unspecified atom stereocenters. The Morgan fingerprint density at radius 2 is 1.64 bits per heavy atom.